The minimum Gasteiger partial charge on any atom is -0.368 e. The van der Waals surface area contributed by atoms with Gasteiger partial charge >= 0.3 is 0 Å². The van der Waals surface area contributed by atoms with E-state index < -0.39 is 17.9 Å². The predicted octanol–water partition coefficient (Wildman–Crippen LogP) is 1.58. The molecule has 1 rings (SSSR count). The van der Waals surface area contributed by atoms with Gasteiger partial charge in [-0.05, 0) is 37.5 Å². The zero-order valence-corrected chi connectivity index (χ0v) is 12.6. The number of benzene rings is 1. The maximum atomic E-state index is 12.2. The molecule has 22 heavy (non-hydrogen) atoms. The lowest BCUT2D eigenvalue weighted by molar-refractivity contribution is -0.120. The number of unbranched alkanes of at least 4 members (excludes halogenated alkanes) is 1. The first-order chi connectivity index (χ1) is 10.4. The van der Waals surface area contributed by atoms with E-state index in [9.17, 15) is 14.4 Å². The van der Waals surface area contributed by atoms with Crippen molar-refractivity contribution in [2.45, 2.75) is 32.2 Å². The third-order valence-corrected chi connectivity index (χ3v) is 2.99. The van der Waals surface area contributed by atoms with Crippen molar-refractivity contribution in [3.63, 3.8) is 0 Å². The van der Waals surface area contributed by atoms with Crippen molar-refractivity contribution in [1.82, 2.24) is 5.32 Å². The Labute approximate surface area is 129 Å². The first-order valence-electron chi connectivity index (χ1n) is 7.02. The van der Waals surface area contributed by atoms with E-state index in [0.29, 0.717) is 24.1 Å². The van der Waals surface area contributed by atoms with E-state index in [-0.39, 0.29) is 5.91 Å². The number of amides is 3. The molecule has 0 bridgehead atoms. The van der Waals surface area contributed by atoms with Crippen molar-refractivity contribution in [2.24, 2.45) is 5.73 Å². The molecule has 6 heteroatoms. The molecule has 0 fully saturated rings. The molecule has 4 N–H and O–H groups in total. The number of primary amides is 1. The molecule has 0 aliphatic heterocycles. The number of allylic oxidation sites excluding steroid dienone is 1. The molecule has 1 aromatic rings. The number of rotatable bonds is 8. The van der Waals surface area contributed by atoms with E-state index in [0.717, 1.165) is 6.42 Å². The van der Waals surface area contributed by atoms with Crippen molar-refractivity contribution in [3.8, 4) is 0 Å². The third-order valence-electron chi connectivity index (χ3n) is 2.99. The highest BCUT2D eigenvalue weighted by Gasteiger charge is 2.18. The molecule has 118 valence electrons. The summed E-state index contributed by atoms with van der Waals surface area (Å²) in [7, 11) is 0. The highest BCUT2D eigenvalue weighted by Crippen LogP contribution is 2.11. The van der Waals surface area contributed by atoms with Crippen LogP contribution in [0.4, 0.5) is 5.69 Å². The van der Waals surface area contributed by atoms with Crippen LogP contribution in [-0.4, -0.2) is 23.8 Å². The van der Waals surface area contributed by atoms with Crippen molar-refractivity contribution >= 4 is 23.4 Å². The van der Waals surface area contributed by atoms with Crippen molar-refractivity contribution in [1.29, 1.82) is 0 Å². The molecule has 0 saturated carbocycles. The van der Waals surface area contributed by atoms with E-state index >= 15 is 0 Å². The fourth-order valence-corrected chi connectivity index (χ4v) is 1.93. The molecule has 0 aliphatic carbocycles. The van der Waals surface area contributed by atoms with Gasteiger partial charge in [0.1, 0.15) is 6.04 Å². The zero-order valence-electron chi connectivity index (χ0n) is 12.6. The Morgan fingerprint density at radius 1 is 1.36 bits per heavy atom. The molecule has 3 amide bonds. The Kier molecular flexibility index (Phi) is 6.82. The Bertz CT molecular complexity index is 570. The quantitative estimate of drug-likeness (QED) is 0.502. The molecule has 0 aromatic heterocycles. The van der Waals surface area contributed by atoms with Crippen molar-refractivity contribution < 1.29 is 14.4 Å². The smallest absolute Gasteiger partial charge is 0.252 e. The fourth-order valence-electron chi connectivity index (χ4n) is 1.93. The highest BCUT2D eigenvalue weighted by molar-refractivity contribution is 5.99. The van der Waals surface area contributed by atoms with Crippen LogP contribution >= 0.6 is 0 Å². The maximum Gasteiger partial charge on any atom is 0.252 e. The van der Waals surface area contributed by atoms with E-state index in [1.165, 1.54) is 6.92 Å². The second kappa shape index (κ2) is 8.61. The summed E-state index contributed by atoms with van der Waals surface area (Å²) in [6.07, 6.45) is 3.66. The fraction of sp³-hybridized carbons (Fsp3) is 0.312. The summed E-state index contributed by atoms with van der Waals surface area (Å²) in [6.45, 7) is 4.99. The lowest BCUT2D eigenvalue weighted by Crippen LogP contribution is -2.44. The highest BCUT2D eigenvalue weighted by atomic mass is 16.2. The number of nitrogens with one attached hydrogen (secondary N) is 2. The van der Waals surface area contributed by atoms with Crippen LogP contribution in [0.25, 0.3) is 0 Å². The van der Waals surface area contributed by atoms with E-state index in [2.05, 4.69) is 17.2 Å². The predicted molar refractivity (Wildman–Crippen MR) is 85.2 cm³/mol. The lowest BCUT2D eigenvalue weighted by atomic mass is 10.1. The molecule has 0 heterocycles. The van der Waals surface area contributed by atoms with Gasteiger partial charge in [-0.1, -0.05) is 12.1 Å². The maximum absolute atomic E-state index is 12.2. The average Bonchev–Trinajstić information content (AvgIpc) is 2.45. The van der Waals surface area contributed by atoms with Gasteiger partial charge in [-0.3, -0.25) is 14.4 Å². The summed E-state index contributed by atoms with van der Waals surface area (Å²) < 4.78 is 0. The second-order valence-electron chi connectivity index (χ2n) is 4.91. The topological polar surface area (TPSA) is 101 Å². The number of hydrogen-bond acceptors (Lipinski definition) is 3. The van der Waals surface area contributed by atoms with Crippen LogP contribution in [0.1, 0.15) is 36.5 Å². The van der Waals surface area contributed by atoms with Crippen LogP contribution in [0.5, 0.6) is 0 Å². The number of nitrogens with two attached hydrogens (primary N) is 1. The van der Waals surface area contributed by atoms with Crippen LogP contribution in [0.2, 0.25) is 0 Å². The van der Waals surface area contributed by atoms with Gasteiger partial charge in [0.05, 0.1) is 0 Å². The molecular weight excluding hydrogens is 282 g/mol. The van der Waals surface area contributed by atoms with Gasteiger partial charge in [0.2, 0.25) is 11.8 Å². The molecule has 0 spiro atoms. The Balaban J connectivity index is 2.74. The number of carbonyl (C=O) groups is 3. The van der Waals surface area contributed by atoms with Crippen LogP contribution in [0.3, 0.4) is 0 Å². The van der Waals surface area contributed by atoms with Crippen LogP contribution in [0, 0.1) is 0 Å². The summed E-state index contributed by atoms with van der Waals surface area (Å²) >= 11 is 0. The standard InChI is InChI=1S/C16H21N3O3/c1-3-4-5-9-14(15(17)21)19-16(22)12-7-6-8-13(10-12)18-11(2)20/h3,6-8,10,14H,1,4-5,9H2,2H3,(H2,17,21)(H,18,20)(H,19,22)/t14-/m0/s1. The number of hydrogen-bond donors (Lipinski definition) is 3. The SMILES string of the molecule is C=CCCC[C@H](NC(=O)c1cccc(NC(C)=O)c1)C(N)=O. The average molecular weight is 303 g/mol. The Hall–Kier alpha value is -2.63. The largest absolute Gasteiger partial charge is 0.368 e. The first-order valence-corrected chi connectivity index (χ1v) is 7.02. The van der Waals surface area contributed by atoms with Gasteiger partial charge in [0.25, 0.3) is 5.91 Å². The molecule has 1 atom stereocenters. The summed E-state index contributed by atoms with van der Waals surface area (Å²) in [5.41, 5.74) is 6.17. The van der Waals surface area contributed by atoms with Gasteiger partial charge in [-0.15, -0.1) is 6.58 Å². The van der Waals surface area contributed by atoms with Crippen molar-refractivity contribution in [3.05, 3.63) is 42.5 Å². The van der Waals surface area contributed by atoms with E-state index in [1.807, 2.05) is 0 Å². The second-order valence-corrected chi connectivity index (χ2v) is 4.91. The Morgan fingerprint density at radius 2 is 2.09 bits per heavy atom. The third kappa shape index (κ3) is 5.78. The van der Waals surface area contributed by atoms with Crippen molar-refractivity contribution in [2.75, 3.05) is 5.32 Å². The van der Waals surface area contributed by atoms with E-state index in [1.54, 1.807) is 30.3 Å². The summed E-state index contributed by atoms with van der Waals surface area (Å²) in [5, 5.41) is 5.21. The molecule has 0 saturated heterocycles. The summed E-state index contributed by atoms with van der Waals surface area (Å²) in [5.74, 6) is -1.21. The summed E-state index contributed by atoms with van der Waals surface area (Å²) in [4.78, 5) is 34.6. The molecule has 0 unspecified atom stereocenters. The molecule has 1 aromatic carbocycles. The minimum atomic E-state index is -0.725. The van der Waals surface area contributed by atoms with Gasteiger partial charge < -0.3 is 16.4 Å². The number of carbonyl (C=O) groups excluding carboxylic acids is 3. The zero-order chi connectivity index (χ0) is 16.5. The minimum absolute atomic E-state index is 0.225. The molecule has 6 nitrogen and oxygen atoms in total. The van der Waals surface area contributed by atoms with E-state index in [4.69, 9.17) is 5.73 Å². The lowest BCUT2D eigenvalue weighted by Gasteiger charge is -2.15. The Morgan fingerprint density at radius 3 is 2.68 bits per heavy atom. The van der Waals surface area contributed by atoms with Crippen LogP contribution in [0.15, 0.2) is 36.9 Å². The molecular formula is C16H21N3O3. The molecule has 0 radical (unpaired) electrons. The molecule has 0 aliphatic rings. The van der Waals surface area contributed by atoms with Gasteiger partial charge in [0, 0.05) is 18.2 Å². The van der Waals surface area contributed by atoms with Gasteiger partial charge in [-0.2, -0.15) is 0 Å². The van der Waals surface area contributed by atoms with Gasteiger partial charge in [0.15, 0.2) is 0 Å². The van der Waals surface area contributed by atoms with Gasteiger partial charge in [-0.25, -0.2) is 0 Å². The summed E-state index contributed by atoms with van der Waals surface area (Å²) in [6, 6.07) is 5.74. The van der Waals surface area contributed by atoms with Crippen LogP contribution < -0.4 is 16.4 Å². The number of anilines is 1. The van der Waals surface area contributed by atoms with Crippen LogP contribution in [-0.2, 0) is 9.59 Å². The first kappa shape index (κ1) is 17.4. The monoisotopic (exact) mass is 303 g/mol. The normalized spacial score (nSPS) is 11.3.